The van der Waals surface area contributed by atoms with E-state index in [0.29, 0.717) is 11.5 Å². The summed E-state index contributed by atoms with van der Waals surface area (Å²) >= 11 is 1.56. The molecule has 4 rings (SSSR count). The van der Waals surface area contributed by atoms with Gasteiger partial charge in [-0.15, -0.1) is 0 Å². The second-order valence-electron chi connectivity index (χ2n) is 4.97. The Morgan fingerprint density at radius 3 is 2.83 bits per heavy atom. The van der Waals surface area contributed by atoms with Gasteiger partial charge >= 0.3 is 0 Å². The highest BCUT2D eigenvalue weighted by Gasteiger charge is 2.17. The average molecular weight is 323 g/mol. The van der Waals surface area contributed by atoms with Gasteiger partial charge in [0.25, 0.3) is 0 Å². The van der Waals surface area contributed by atoms with Crippen molar-refractivity contribution in [2.75, 3.05) is 0 Å². The van der Waals surface area contributed by atoms with Gasteiger partial charge in [-0.3, -0.25) is 0 Å². The highest BCUT2D eigenvalue weighted by atomic mass is 32.2. The van der Waals surface area contributed by atoms with Crippen molar-refractivity contribution in [2.45, 2.75) is 17.2 Å². The Morgan fingerprint density at radius 1 is 1.09 bits per heavy atom. The topological polar surface area (TPSA) is 80.5 Å². The average Bonchev–Trinajstić information content (AvgIpc) is 3.25. The third kappa shape index (κ3) is 2.70. The van der Waals surface area contributed by atoms with Crippen LogP contribution in [-0.2, 0) is 0 Å². The van der Waals surface area contributed by atoms with E-state index in [0.717, 1.165) is 21.9 Å². The van der Waals surface area contributed by atoms with Crippen molar-refractivity contribution in [1.82, 2.24) is 24.9 Å². The van der Waals surface area contributed by atoms with E-state index in [9.17, 15) is 0 Å². The van der Waals surface area contributed by atoms with Crippen molar-refractivity contribution in [3.8, 4) is 11.3 Å². The molecule has 0 aliphatic rings. The molecule has 0 aliphatic carbocycles. The van der Waals surface area contributed by atoms with Crippen molar-refractivity contribution >= 4 is 22.9 Å². The minimum absolute atomic E-state index is 0.0221. The van der Waals surface area contributed by atoms with E-state index in [1.165, 1.54) is 6.33 Å². The molecule has 3 heterocycles. The minimum Gasteiger partial charge on any atom is -0.440 e. The fraction of sp³-hybridized carbons (Fsp3) is 0.125. The van der Waals surface area contributed by atoms with Gasteiger partial charge in [-0.2, -0.15) is 0 Å². The summed E-state index contributed by atoms with van der Waals surface area (Å²) in [6.07, 6.45) is 4.89. The Labute approximate surface area is 136 Å². The molecule has 0 aliphatic heterocycles. The van der Waals surface area contributed by atoms with Gasteiger partial charge in [0.1, 0.15) is 16.9 Å². The van der Waals surface area contributed by atoms with Gasteiger partial charge in [0.05, 0.1) is 17.8 Å². The Bertz CT molecular complexity index is 934. The molecule has 23 heavy (non-hydrogen) atoms. The maximum absolute atomic E-state index is 5.90. The molecule has 0 saturated carbocycles. The number of aromatic nitrogens is 5. The van der Waals surface area contributed by atoms with Crippen LogP contribution in [0.4, 0.5) is 0 Å². The Hall–Kier alpha value is -2.67. The van der Waals surface area contributed by atoms with Gasteiger partial charge in [0.2, 0.25) is 5.89 Å². The molecule has 0 amide bonds. The lowest BCUT2D eigenvalue weighted by Gasteiger charge is -2.06. The summed E-state index contributed by atoms with van der Waals surface area (Å²) in [5, 5.41) is 0.855. The summed E-state index contributed by atoms with van der Waals surface area (Å²) in [5.41, 5.74) is 2.51. The lowest BCUT2D eigenvalue weighted by atomic mass is 10.2. The van der Waals surface area contributed by atoms with Gasteiger partial charge in [-0.05, 0) is 6.92 Å². The number of imidazole rings is 1. The lowest BCUT2D eigenvalue weighted by molar-refractivity contribution is 0.510. The fourth-order valence-electron chi connectivity index (χ4n) is 2.26. The number of thioether (sulfide) groups is 1. The highest BCUT2D eigenvalue weighted by Crippen LogP contribution is 2.36. The molecule has 1 aromatic carbocycles. The summed E-state index contributed by atoms with van der Waals surface area (Å²) in [6.45, 7) is 2.04. The SMILES string of the molecule is C[C@H](Sc1ncnc2nc[nH]c12)c1ncc(-c2ccccc2)o1. The molecule has 0 spiro atoms. The van der Waals surface area contributed by atoms with E-state index in [4.69, 9.17) is 4.42 Å². The molecule has 6 nitrogen and oxygen atoms in total. The van der Waals surface area contributed by atoms with Crippen molar-refractivity contribution in [1.29, 1.82) is 0 Å². The molecule has 114 valence electrons. The normalized spacial score (nSPS) is 12.6. The third-order valence-electron chi connectivity index (χ3n) is 3.41. The van der Waals surface area contributed by atoms with Crippen LogP contribution in [-0.4, -0.2) is 24.9 Å². The zero-order valence-electron chi connectivity index (χ0n) is 12.3. The van der Waals surface area contributed by atoms with Crippen LogP contribution in [0.25, 0.3) is 22.5 Å². The van der Waals surface area contributed by atoms with E-state index in [-0.39, 0.29) is 5.25 Å². The zero-order chi connectivity index (χ0) is 15.6. The fourth-order valence-corrected chi connectivity index (χ4v) is 3.18. The maximum Gasteiger partial charge on any atom is 0.208 e. The van der Waals surface area contributed by atoms with Crippen molar-refractivity contribution in [2.24, 2.45) is 0 Å². The van der Waals surface area contributed by atoms with Crippen LogP contribution in [0.5, 0.6) is 0 Å². The van der Waals surface area contributed by atoms with Gasteiger partial charge in [-0.25, -0.2) is 19.9 Å². The number of rotatable bonds is 4. The first-order chi connectivity index (χ1) is 11.3. The Balaban J connectivity index is 1.59. The molecule has 1 N–H and O–H groups in total. The molecule has 4 aromatic rings. The predicted octanol–water partition coefficient (Wildman–Crippen LogP) is 3.86. The highest BCUT2D eigenvalue weighted by molar-refractivity contribution is 7.99. The smallest absolute Gasteiger partial charge is 0.208 e. The molecule has 3 aromatic heterocycles. The number of aromatic amines is 1. The second-order valence-corrected chi connectivity index (χ2v) is 6.30. The molecule has 0 bridgehead atoms. The van der Waals surface area contributed by atoms with Crippen molar-refractivity contribution in [3.05, 3.63) is 55.1 Å². The van der Waals surface area contributed by atoms with Crippen LogP contribution < -0.4 is 0 Å². The largest absolute Gasteiger partial charge is 0.440 e. The van der Waals surface area contributed by atoms with E-state index < -0.39 is 0 Å². The number of nitrogens with zero attached hydrogens (tertiary/aromatic N) is 4. The number of benzene rings is 1. The summed E-state index contributed by atoms with van der Waals surface area (Å²) in [7, 11) is 0. The van der Waals surface area contributed by atoms with E-state index in [1.54, 1.807) is 24.3 Å². The van der Waals surface area contributed by atoms with Crippen LogP contribution >= 0.6 is 11.8 Å². The molecule has 0 fully saturated rings. The number of hydrogen-bond acceptors (Lipinski definition) is 6. The molecule has 1 atom stereocenters. The van der Waals surface area contributed by atoms with Crippen LogP contribution in [0, 0.1) is 0 Å². The van der Waals surface area contributed by atoms with Crippen LogP contribution in [0.15, 0.2) is 58.6 Å². The van der Waals surface area contributed by atoms with Crippen molar-refractivity contribution < 1.29 is 4.42 Å². The number of fused-ring (bicyclic) bond motifs is 1. The van der Waals surface area contributed by atoms with E-state index >= 15 is 0 Å². The molecule has 0 unspecified atom stereocenters. The standard InChI is InChI=1S/C16H13N5OS/c1-10(23-16-13-14(19-8-18-13)20-9-21-16)15-17-7-12(22-15)11-5-3-2-4-6-11/h2-10H,1H3,(H,18,19,20,21)/t10-/m0/s1. The lowest BCUT2D eigenvalue weighted by Crippen LogP contribution is -1.92. The van der Waals surface area contributed by atoms with Gasteiger partial charge in [-0.1, -0.05) is 42.1 Å². The molecule has 7 heteroatoms. The first-order valence-electron chi connectivity index (χ1n) is 7.13. The quantitative estimate of drug-likeness (QED) is 0.454. The number of hydrogen-bond donors (Lipinski definition) is 1. The van der Waals surface area contributed by atoms with Gasteiger partial charge < -0.3 is 9.40 Å². The summed E-state index contributed by atoms with van der Waals surface area (Å²) < 4.78 is 5.90. The van der Waals surface area contributed by atoms with Crippen LogP contribution in [0.3, 0.4) is 0 Å². The predicted molar refractivity (Wildman–Crippen MR) is 87.9 cm³/mol. The Morgan fingerprint density at radius 2 is 1.96 bits per heavy atom. The van der Waals surface area contributed by atoms with Crippen LogP contribution in [0.1, 0.15) is 18.1 Å². The number of nitrogens with one attached hydrogen (secondary N) is 1. The Kier molecular flexibility index (Phi) is 3.55. The van der Waals surface area contributed by atoms with Crippen molar-refractivity contribution in [3.63, 3.8) is 0 Å². The molecule has 0 radical (unpaired) electrons. The second kappa shape index (κ2) is 5.85. The number of H-pyrrole nitrogens is 1. The minimum atomic E-state index is 0.0221. The van der Waals surface area contributed by atoms with E-state index in [2.05, 4.69) is 24.9 Å². The summed E-state index contributed by atoms with van der Waals surface area (Å²) in [6, 6.07) is 9.93. The van der Waals surface area contributed by atoms with E-state index in [1.807, 2.05) is 37.3 Å². The summed E-state index contributed by atoms with van der Waals surface area (Å²) in [5.74, 6) is 1.43. The van der Waals surface area contributed by atoms with Gasteiger partial charge in [0, 0.05) is 5.56 Å². The summed E-state index contributed by atoms with van der Waals surface area (Å²) in [4.78, 5) is 20.1. The van der Waals surface area contributed by atoms with Gasteiger partial charge in [0.15, 0.2) is 11.4 Å². The zero-order valence-corrected chi connectivity index (χ0v) is 13.1. The first-order valence-corrected chi connectivity index (χ1v) is 8.01. The monoisotopic (exact) mass is 323 g/mol. The van der Waals surface area contributed by atoms with Crippen LogP contribution in [0.2, 0.25) is 0 Å². The molecule has 0 saturated heterocycles. The molecular weight excluding hydrogens is 310 g/mol. The third-order valence-corrected chi connectivity index (χ3v) is 4.49. The number of oxazole rings is 1. The molecular formula is C16H13N5OS. The maximum atomic E-state index is 5.90. The first kappa shape index (κ1) is 14.0.